The lowest BCUT2D eigenvalue weighted by Gasteiger charge is -2.76. The molecule has 0 aromatic carbocycles. The number of alkyl halides is 3. The third-order valence-electron chi connectivity index (χ3n) is 10.6. The Kier molecular flexibility index (Phi) is 4.33. The maximum atomic E-state index is 13.0. The molecule has 4 heterocycles. The van der Waals surface area contributed by atoms with Gasteiger partial charge in [0.25, 0.3) is 0 Å². The third kappa shape index (κ3) is 3.32. The zero-order chi connectivity index (χ0) is 26.1. The zero-order valence-electron chi connectivity index (χ0n) is 21.1. The first-order chi connectivity index (χ1) is 18.0. The second-order valence-electron chi connectivity index (χ2n) is 13.5. The van der Waals surface area contributed by atoms with Crippen LogP contribution in [0.25, 0.3) is 0 Å². The number of pyridine rings is 1. The van der Waals surface area contributed by atoms with Gasteiger partial charge in [0.05, 0.1) is 0 Å². The summed E-state index contributed by atoms with van der Waals surface area (Å²) in [4.78, 5) is 25.1. The molecule has 0 radical (unpaired) electrons. The Labute approximate surface area is 218 Å². The standard InChI is InChI=1S/C27H31F3N6O2/c28-27(29,30)19-2-1-16(8-31-19)5-24-11-25(12-24,13-24)18-9-35(10-18)22(37)36-14-23(15-36)6-17(7-23)20-32-21(34-33-20)26(38)3-4-26/h1-2,8,17-18,38H,3-7,9-15H2,(H,32,33,34). The number of H-pyrrole nitrogens is 1. The molecule has 8 nitrogen and oxygen atoms in total. The fraction of sp³-hybridized carbons (Fsp3) is 0.704. The van der Waals surface area contributed by atoms with Crippen LogP contribution < -0.4 is 0 Å². The Bertz CT molecular complexity index is 1280. The minimum absolute atomic E-state index is 0.158. The first-order valence-corrected chi connectivity index (χ1v) is 13.7. The maximum Gasteiger partial charge on any atom is 0.433 e. The highest BCUT2D eigenvalue weighted by atomic mass is 19.4. The van der Waals surface area contributed by atoms with Crippen molar-refractivity contribution in [2.75, 3.05) is 26.2 Å². The fourth-order valence-corrected chi connectivity index (χ4v) is 8.40. The molecule has 2 saturated heterocycles. The fourth-order valence-electron chi connectivity index (χ4n) is 8.40. The number of hydrogen-bond donors (Lipinski definition) is 2. The number of hydrogen-bond acceptors (Lipinski definition) is 5. The van der Waals surface area contributed by atoms with Crippen LogP contribution in [0.3, 0.4) is 0 Å². The number of nitrogens with one attached hydrogen (secondary N) is 1. The van der Waals surface area contributed by atoms with E-state index in [1.54, 1.807) is 6.07 Å². The average molecular weight is 529 g/mol. The highest BCUT2D eigenvalue weighted by Crippen LogP contribution is 2.78. The van der Waals surface area contributed by atoms with Crippen LogP contribution in [0.1, 0.15) is 73.8 Å². The molecule has 5 aliphatic carbocycles. The van der Waals surface area contributed by atoms with Crippen molar-refractivity contribution in [1.82, 2.24) is 30.0 Å². The van der Waals surface area contributed by atoms with Gasteiger partial charge in [0.15, 0.2) is 5.82 Å². The van der Waals surface area contributed by atoms with E-state index in [4.69, 9.17) is 0 Å². The Balaban J connectivity index is 0.781. The molecule has 2 aromatic rings. The van der Waals surface area contributed by atoms with Crippen molar-refractivity contribution >= 4 is 6.03 Å². The van der Waals surface area contributed by atoms with E-state index in [9.17, 15) is 23.1 Å². The number of carbonyl (C=O) groups excluding carboxylic acids is 1. The molecule has 9 rings (SSSR count). The van der Waals surface area contributed by atoms with Crippen molar-refractivity contribution in [1.29, 1.82) is 0 Å². The zero-order valence-corrected chi connectivity index (χ0v) is 21.1. The van der Waals surface area contributed by atoms with Gasteiger partial charge in [-0.2, -0.15) is 18.3 Å². The molecule has 38 heavy (non-hydrogen) atoms. The highest BCUT2D eigenvalue weighted by Gasteiger charge is 2.71. The second-order valence-corrected chi connectivity index (χ2v) is 13.5. The van der Waals surface area contributed by atoms with E-state index in [1.165, 1.54) is 6.20 Å². The lowest BCUT2D eigenvalue weighted by Crippen LogP contribution is -2.73. The Hall–Kier alpha value is -2.69. The second kappa shape index (κ2) is 7.08. The van der Waals surface area contributed by atoms with Gasteiger partial charge in [0.2, 0.25) is 0 Å². The Morgan fingerprint density at radius 1 is 1.11 bits per heavy atom. The first-order valence-electron chi connectivity index (χ1n) is 13.7. The van der Waals surface area contributed by atoms with Gasteiger partial charge in [0.1, 0.15) is 17.1 Å². The quantitative estimate of drug-likeness (QED) is 0.615. The predicted molar refractivity (Wildman–Crippen MR) is 128 cm³/mol. The van der Waals surface area contributed by atoms with Gasteiger partial charge in [0, 0.05) is 43.7 Å². The molecule has 7 aliphatic rings. The molecule has 11 heteroatoms. The monoisotopic (exact) mass is 528 g/mol. The molecule has 2 aromatic heterocycles. The van der Waals surface area contributed by atoms with Crippen LogP contribution in [-0.4, -0.2) is 67.3 Å². The molecule has 2 N–H and O–H groups in total. The van der Waals surface area contributed by atoms with Crippen LogP contribution in [0.15, 0.2) is 18.3 Å². The Morgan fingerprint density at radius 2 is 1.82 bits per heavy atom. The SMILES string of the molecule is O=C(N1CC(C23CC(Cc4ccc(C(F)(F)F)nc4)(C2)C3)C1)N1CC2(CC(c3nc(C4(O)CC4)n[nH]3)C2)C1. The van der Waals surface area contributed by atoms with Gasteiger partial charge < -0.3 is 14.9 Å². The summed E-state index contributed by atoms with van der Waals surface area (Å²) in [7, 11) is 0. The summed E-state index contributed by atoms with van der Waals surface area (Å²) in [6.07, 6.45) is 4.59. The number of rotatable bonds is 5. The van der Waals surface area contributed by atoms with Gasteiger partial charge >= 0.3 is 12.2 Å². The number of amides is 2. The van der Waals surface area contributed by atoms with Gasteiger partial charge in [-0.15, -0.1) is 0 Å². The number of nitrogens with zero attached hydrogens (tertiary/aromatic N) is 5. The van der Waals surface area contributed by atoms with E-state index >= 15 is 0 Å². The summed E-state index contributed by atoms with van der Waals surface area (Å²) >= 11 is 0. The normalized spacial score (nSPS) is 32.6. The Morgan fingerprint density at radius 3 is 2.42 bits per heavy atom. The molecule has 2 bridgehead atoms. The lowest BCUT2D eigenvalue weighted by molar-refractivity contribution is -0.254. The number of aromatic amines is 1. The molecular weight excluding hydrogens is 497 g/mol. The number of aromatic nitrogens is 4. The minimum atomic E-state index is -4.40. The highest BCUT2D eigenvalue weighted by molar-refractivity contribution is 5.76. The molecular formula is C27H31F3N6O2. The first kappa shape index (κ1) is 23.2. The summed E-state index contributed by atoms with van der Waals surface area (Å²) in [5.74, 6) is 2.27. The molecule has 0 unspecified atom stereocenters. The molecule has 202 valence electrons. The number of urea groups is 1. The number of aliphatic hydroxyl groups is 1. The van der Waals surface area contributed by atoms with Crippen LogP contribution in [0.2, 0.25) is 0 Å². The van der Waals surface area contributed by atoms with Gasteiger partial charge in [-0.25, -0.2) is 9.78 Å². The molecule has 2 amide bonds. The number of halogens is 3. The minimum Gasteiger partial charge on any atom is -0.382 e. The van der Waals surface area contributed by atoms with Crippen LogP contribution in [-0.2, 0) is 18.2 Å². The predicted octanol–water partition coefficient (Wildman–Crippen LogP) is 3.84. The topological polar surface area (TPSA) is 98.2 Å². The summed E-state index contributed by atoms with van der Waals surface area (Å²) in [6, 6.07) is 2.81. The van der Waals surface area contributed by atoms with Crippen molar-refractivity contribution in [3.8, 4) is 0 Å². The summed E-state index contributed by atoms with van der Waals surface area (Å²) in [5.41, 5.74) is -0.00676. The van der Waals surface area contributed by atoms with E-state index < -0.39 is 17.5 Å². The van der Waals surface area contributed by atoms with E-state index in [2.05, 4.69) is 20.2 Å². The van der Waals surface area contributed by atoms with Gasteiger partial charge in [-0.05, 0) is 79.7 Å². The molecule has 7 fully saturated rings. The van der Waals surface area contributed by atoms with E-state index in [0.717, 1.165) is 95.0 Å². The summed E-state index contributed by atoms with van der Waals surface area (Å²) in [5, 5.41) is 17.4. The number of carbonyl (C=O) groups is 1. The van der Waals surface area contributed by atoms with Crippen molar-refractivity contribution in [3.05, 3.63) is 41.2 Å². The summed E-state index contributed by atoms with van der Waals surface area (Å²) < 4.78 is 38.3. The maximum absolute atomic E-state index is 13.0. The van der Waals surface area contributed by atoms with E-state index in [-0.39, 0.29) is 16.9 Å². The summed E-state index contributed by atoms with van der Waals surface area (Å²) in [6.45, 7) is 3.27. The third-order valence-corrected chi connectivity index (χ3v) is 10.6. The van der Waals surface area contributed by atoms with Crippen molar-refractivity contribution in [2.45, 2.75) is 69.1 Å². The van der Waals surface area contributed by atoms with Gasteiger partial charge in [-0.3, -0.25) is 10.1 Å². The van der Waals surface area contributed by atoms with Gasteiger partial charge in [-0.1, -0.05) is 6.07 Å². The smallest absolute Gasteiger partial charge is 0.382 e. The number of likely N-dealkylation sites (tertiary alicyclic amines) is 2. The van der Waals surface area contributed by atoms with Crippen molar-refractivity contribution in [3.63, 3.8) is 0 Å². The van der Waals surface area contributed by atoms with Crippen LogP contribution in [0.4, 0.5) is 18.0 Å². The van der Waals surface area contributed by atoms with E-state index in [0.29, 0.717) is 23.1 Å². The lowest BCUT2D eigenvalue weighted by atomic mass is 9.30. The van der Waals surface area contributed by atoms with Crippen LogP contribution in [0, 0.1) is 22.2 Å². The van der Waals surface area contributed by atoms with Crippen molar-refractivity contribution < 1.29 is 23.1 Å². The largest absolute Gasteiger partial charge is 0.433 e. The molecule has 5 saturated carbocycles. The van der Waals surface area contributed by atoms with E-state index in [1.807, 2.05) is 9.80 Å². The molecule has 1 spiro atoms. The van der Waals surface area contributed by atoms with Crippen LogP contribution >= 0.6 is 0 Å². The molecule has 0 atom stereocenters. The molecule has 2 aliphatic heterocycles. The van der Waals surface area contributed by atoms with Crippen molar-refractivity contribution in [2.24, 2.45) is 22.2 Å². The van der Waals surface area contributed by atoms with Crippen LogP contribution in [0.5, 0.6) is 0 Å². The average Bonchev–Trinajstić information content (AvgIpc) is 3.28.